The molecule has 1 saturated heterocycles. The third kappa shape index (κ3) is 5.40. The number of benzene rings is 1. The Bertz CT molecular complexity index is 514. The number of halogens is 4. The van der Waals surface area contributed by atoms with Crippen molar-refractivity contribution in [2.75, 3.05) is 19.5 Å². The van der Waals surface area contributed by atoms with E-state index in [9.17, 15) is 17.6 Å². The Morgan fingerprint density at radius 3 is 2.35 bits per heavy atom. The largest absolute Gasteiger partial charge is 0.461 e. The van der Waals surface area contributed by atoms with E-state index in [2.05, 4.69) is 4.74 Å². The summed E-state index contributed by atoms with van der Waals surface area (Å²) in [6.45, 7) is 1.18. The van der Waals surface area contributed by atoms with Gasteiger partial charge in [-0.3, -0.25) is 0 Å². The molecule has 3 nitrogen and oxygen atoms in total. The van der Waals surface area contributed by atoms with Gasteiger partial charge in [-0.15, -0.1) is 0 Å². The lowest BCUT2D eigenvalue weighted by molar-refractivity contribution is -0.253. The highest BCUT2D eigenvalue weighted by Crippen LogP contribution is 2.27. The number of thioether (sulfide) groups is 1. The van der Waals surface area contributed by atoms with Gasteiger partial charge in [0, 0.05) is 0 Å². The highest BCUT2D eigenvalue weighted by Gasteiger charge is 2.43. The lowest BCUT2D eigenvalue weighted by Crippen LogP contribution is -2.33. The standard InChI is InChI=1S/C15H16F4O3S/c1-23-12-8-20-13(21-9-12)7-4-10-2-5-11(6-3-10)22-15(18,19)14(16)17/h2-7,12-14H,8-9H2,1H3. The van der Waals surface area contributed by atoms with Crippen LogP contribution in [-0.4, -0.2) is 43.5 Å². The fraction of sp³-hybridized carbons (Fsp3) is 0.467. The zero-order valence-electron chi connectivity index (χ0n) is 12.3. The average Bonchev–Trinajstić information content (AvgIpc) is 2.54. The average molecular weight is 352 g/mol. The molecule has 1 aliphatic rings. The minimum Gasteiger partial charge on any atom is -0.428 e. The Morgan fingerprint density at radius 1 is 1.22 bits per heavy atom. The van der Waals surface area contributed by atoms with Crippen LogP contribution in [-0.2, 0) is 9.47 Å². The minimum absolute atomic E-state index is 0.313. The van der Waals surface area contributed by atoms with Crippen molar-refractivity contribution in [2.24, 2.45) is 0 Å². The highest BCUT2D eigenvalue weighted by molar-refractivity contribution is 7.99. The number of hydrogen-bond acceptors (Lipinski definition) is 4. The second-order valence-corrected chi connectivity index (χ2v) is 5.92. The molecular weight excluding hydrogens is 336 g/mol. The van der Waals surface area contributed by atoms with E-state index in [0.29, 0.717) is 24.0 Å². The van der Waals surface area contributed by atoms with E-state index >= 15 is 0 Å². The normalized spacial score (nSPS) is 22.7. The molecule has 1 aromatic rings. The van der Waals surface area contributed by atoms with Crippen molar-refractivity contribution in [3.63, 3.8) is 0 Å². The molecule has 0 spiro atoms. The SMILES string of the molecule is CSC1COC(C=Cc2ccc(OC(F)(F)C(F)F)cc2)OC1. The molecule has 128 valence electrons. The van der Waals surface area contributed by atoms with E-state index in [-0.39, 0.29) is 5.75 Å². The van der Waals surface area contributed by atoms with Crippen LogP contribution in [0.2, 0.25) is 0 Å². The van der Waals surface area contributed by atoms with Crippen LogP contribution in [0, 0.1) is 0 Å². The first kappa shape index (κ1) is 18.1. The molecule has 0 aliphatic carbocycles. The molecule has 0 unspecified atom stereocenters. The van der Waals surface area contributed by atoms with E-state index in [1.807, 2.05) is 6.26 Å². The number of alkyl halides is 4. The van der Waals surface area contributed by atoms with Crippen molar-refractivity contribution >= 4 is 17.8 Å². The number of ether oxygens (including phenoxy) is 3. The summed E-state index contributed by atoms with van der Waals surface area (Å²) in [7, 11) is 0. The molecule has 0 saturated carbocycles. The van der Waals surface area contributed by atoms with Gasteiger partial charge in [0.15, 0.2) is 6.29 Å². The Labute approximate surface area is 135 Å². The summed E-state index contributed by atoms with van der Waals surface area (Å²) in [5, 5.41) is 0.313. The zero-order valence-corrected chi connectivity index (χ0v) is 13.1. The van der Waals surface area contributed by atoms with Gasteiger partial charge < -0.3 is 14.2 Å². The lowest BCUT2D eigenvalue weighted by atomic mass is 10.2. The van der Waals surface area contributed by atoms with Crippen LogP contribution in [0.25, 0.3) is 6.08 Å². The molecular formula is C15H16F4O3S. The summed E-state index contributed by atoms with van der Waals surface area (Å²) >= 11 is 1.67. The Morgan fingerprint density at radius 2 is 1.83 bits per heavy atom. The van der Waals surface area contributed by atoms with Gasteiger partial charge in [-0.05, 0) is 30.0 Å². The first-order valence-corrected chi connectivity index (χ1v) is 8.09. The second kappa shape index (κ2) is 8.03. The predicted molar refractivity (Wildman–Crippen MR) is 80.1 cm³/mol. The third-order valence-electron chi connectivity index (χ3n) is 3.06. The van der Waals surface area contributed by atoms with Gasteiger partial charge in [0.1, 0.15) is 5.75 Å². The number of hydrogen-bond donors (Lipinski definition) is 0. The molecule has 1 aliphatic heterocycles. The Kier molecular flexibility index (Phi) is 6.32. The minimum atomic E-state index is -4.50. The van der Waals surface area contributed by atoms with E-state index < -0.39 is 18.8 Å². The maximum Gasteiger partial charge on any atom is 0.461 e. The highest BCUT2D eigenvalue weighted by atomic mass is 32.2. The molecule has 23 heavy (non-hydrogen) atoms. The molecule has 0 amide bonds. The Hall–Kier alpha value is -1.25. The molecule has 0 N–H and O–H groups in total. The van der Waals surface area contributed by atoms with Crippen LogP contribution in [0.5, 0.6) is 5.75 Å². The molecule has 0 radical (unpaired) electrons. The molecule has 1 heterocycles. The summed E-state index contributed by atoms with van der Waals surface area (Å²) < 4.78 is 64.6. The van der Waals surface area contributed by atoms with E-state index in [1.165, 1.54) is 24.3 Å². The van der Waals surface area contributed by atoms with Crippen LogP contribution < -0.4 is 4.74 Å². The van der Waals surface area contributed by atoms with Gasteiger partial charge in [-0.1, -0.05) is 18.2 Å². The Balaban J connectivity index is 1.89. The van der Waals surface area contributed by atoms with Crippen molar-refractivity contribution in [3.8, 4) is 5.75 Å². The van der Waals surface area contributed by atoms with Gasteiger partial charge in [0.25, 0.3) is 0 Å². The number of rotatable bonds is 6. The summed E-state index contributed by atoms with van der Waals surface area (Å²) in [4.78, 5) is 0. The van der Waals surface area contributed by atoms with Crippen LogP contribution in [0.1, 0.15) is 5.56 Å². The summed E-state index contributed by atoms with van der Waals surface area (Å²) in [5.41, 5.74) is 0.678. The summed E-state index contributed by atoms with van der Waals surface area (Å²) in [6.07, 6.45) is -3.48. The fourth-order valence-electron chi connectivity index (χ4n) is 1.79. The molecule has 1 aromatic carbocycles. The molecule has 8 heteroatoms. The van der Waals surface area contributed by atoms with Crippen LogP contribution in [0.3, 0.4) is 0 Å². The first-order valence-electron chi connectivity index (χ1n) is 6.80. The lowest BCUT2D eigenvalue weighted by Gasteiger charge is -2.26. The quantitative estimate of drug-likeness (QED) is 0.722. The molecule has 0 bridgehead atoms. The van der Waals surface area contributed by atoms with E-state index in [4.69, 9.17) is 9.47 Å². The second-order valence-electron chi connectivity index (χ2n) is 4.79. The predicted octanol–water partition coefficient (Wildman–Crippen LogP) is 4.04. The van der Waals surface area contributed by atoms with Gasteiger partial charge in [0.05, 0.1) is 18.5 Å². The van der Waals surface area contributed by atoms with E-state index in [0.717, 1.165) is 0 Å². The monoisotopic (exact) mass is 352 g/mol. The smallest absolute Gasteiger partial charge is 0.428 e. The fourth-order valence-corrected chi connectivity index (χ4v) is 2.22. The zero-order chi connectivity index (χ0) is 16.9. The maximum atomic E-state index is 12.8. The van der Waals surface area contributed by atoms with Gasteiger partial charge >= 0.3 is 12.5 Å². The molecule has 2 rings (SSSR count). The van der Waals surface area contributed by atoms with Crippen molar-refractivity contribution in [3.05, 3.63) is 35.9 Å². The van der Waals surface area contributed by atoms with Gasteiger partial charge in [-0.2, -0.15) is 29.3 Å². The van der Waals surface area contributed by atoms with Crippen molar-refractivity contribution in [2.45, 2.75) is 24.1 Å². The van der Waals surface area contributed by atoms with Crippen molar-refractivity contribution in [1.82, 2.24) is 0 Å². The molecule has 0 atom stereocenters. The molecule has 1 fully saturated rings. The van der Waals surface area contributed by atoms with Gasteiger partial charge in [-0.25, -0.2) is 0 Å². The van der Waals surface area contributed by atoms with Crippen molar-refractivity contribution in [1.29, 1.82) is 0 Å². The topological polar surface area (TPSA) is 27.7 Å². The van der Waals surface area contributed by atoms with E-state index in [1.54, 1.807) is 23.9 Å². The van der Waals surface area contributed by atoms with Crippen LogP contribution in [0.15, 0.2) is 30.3 Å². The maximum absolute atomic E-state index is 12.8. The van der Waals surface area contributed by atoms with Gasteiger partial charge in [0.2, 0.25) is 0 Å². The summed E-state index contributed by atoms with van der Waals surface area (Å²) in [5.74, 6) is -0.333. The molecule has 0 aromatic heterocycles. The third-order valence-corrected chi connectivity index (χ3v) is 4.00. The van der Waals surface area contributed by atoms with Crippen molar-refractivity contribution < 1.29 is 31.8 Å². The summed E-state index contributed by atoms with van der Waals surface area (Å²) in [6, 6.07) is 5.34. The van der Waals surface area contributed by atoms with Crippen LogP contribution in [0.4, 0.5) is 17.6 Å². The first-order chi connectivity index (χ1) is 10.9. The van der Waals surface area contributed by atoms with Crippen LogP contribution >= 0.6 is 11.8 Å².